The quantitative estimate of drug-likeness (QED) is 0.664. The van der Waals surface area contributed by atoms with Gasteiger partial charge in [0.05, 0.1) is 0 Å². The highest BCUT2D eigenvalue weighted by Crippen LogP contribution is 2.34. The van der Waals surface area contributed by atoms with Gasteiger partial charge in [0.25, 0.3) is 0 Å². The second-order valence-corrected chi connectivity index (χ2v) is 8.20. The lowest BCUT2D eigenvalue weighted by atomic mass is 9.77. The maximum atomic E-state index is 3.72. The first-order valence-electron chi connectivity index (χ1n) is 8.34. The third-order valence-electron chi connectivity index (χ3n) is 4.98. The van der Waals surface area contributed by atoms with E-state index < -0.39 is 0 Å². The molecule has 1 aliphatic rings. The molecule has 0 bridgehead atoms. The molecule has 2 atom stereocenters. The van der Waals surface area contributed by atoms with Crippen LogP contribution < -0.4 is 0 Å². The van der Waals surface area contributed by atoms with Crippen molar-refractivity contribution >= 4 is 15.9 Å². The van der Waals surface area contributed by atoms with Gasteiger partial charge in [0.1, 0.15) is 0 Å². The molecular formula is C19H30BrN. The molecule has 2 unspecified atom stereocenters. The van der Waals surface area contributed by atoms with E-state index >= 15 is 0 Å². The Balaban J connectivity index is 1.93. The SMILES string of the molecule is CC(C)(C)C1CCCN(CC(CBr)c2ccccc2)CC1. The minimum Gasteiger partial charge on any atom is -0.303 e. The molecular weight excluding hydrogens is 322 g/mol. The number of alkyl halides is 1. The van der Waals surface area contributed by atoms with Gasteiger partial charge in [-0.25, -0.2) is 0 Å². The number of hydrogen-bond donors (Lipinski definition) is 0. The van der Waals surface area contributed by atoms with Crippen LogP contribution in [0.5, 0.6) is 0 Å². The number of benzene rings is 1. The number of halogens is 1. The van der Waals surface area contributed by atoms with Gasteiger partial charge in [-0.05, 0) is 49.2 Å². The predicted molar refractivity (Wildman–Crippen MR) is 96.2 cm³/mol. The van der Waals surface area contributed by atoms with Crippen LogP contribution >= 0.6 is 15.9 Å². The summed E-state index contributed by atoms with van der Waals surface area (Å²) in [6.45, 7) is 10.9. The maximum Gasteiger partial charge on any atom is 0.0112 e. The normalized spacial score (nSPS) is 22.8. The van der Waals surface area contributed by atoms with E-state index in [9.17, 15) is 0 Å². The zero-order valence-electron chi connectivity index (χ0n) is 13.8. The van der Waals surface area contributed by atoms with Gasteiger partial charge < -0.3 is 4.90 Å². The average Bonchev–Trinajstić information content (AvgIpc) is 2.71. The highest BCUT2D eigenvalue weighted by Gasteiger charge is 2.27. The predicted octanol–water partition coefficient (Wildman–Crippen LogP) is 5.31. The maximum absolute atomic E-state index is 3.72. The molecule has 2 rings (SSSR count). The number of likely N-dealkylation sites (tertiary alicyclic amines) is 1. The summed E-state index contributed by atoms with van der Waals surface area (Å²) in [6, 6.07) is 10.9. The third kappa shape index (κ3) is 5.10. The van der Waals surface area contributed by atoms with E-state index in [0.29, 0.717) is 11.3 Å². The number of rotatable bonds is 4. The zero-order valence-corrected chi connectivity index (χ0v) is 15.4. The number of nitrogens with zero attached hydrogens (tertiary/aromatic N) is 1. The van der Waals surface area contributed by atoms with Gasteiger partial charge in [0, 0.05) is 17.8 Å². The van der Waals surface area contributed by atoms with E-state index in [1.807, 2.05) is 0 Å². The molecule has 1 saturated heterocycles. The Kier molecular flexibility index (Phi) is 6.31. The Morgan fingerprint density at radius 1 is 1.14 bits per heavy atom. The molecule has 1 aromatic carbocycles. The van der Waals surface area contributed by atoms with Crippen molar-refractivity contribution in [3.05, 3.63) is 35.9 Å². The highest BCUT2D eigenvalue weighted by molar-refractivity contribution is 9.09. The molecule has 0 spiro atoms. The second-order valence-electron chi connectivity index (χ2n) is 7.56. The fraction of sp³-hybridized carbons (Fsp3) is 0.684. The molecule has 1 heterocycles. The van der Waals surface area contributed by atoms with Crippen molar-refractivity contribution in [2.24, 2.45) is 11.3 Å². The average molecular weight is 352 g/mol. The lowest BCUT2D eigenvalue weighted by Crippen LogP contribution is -2.31. The first-order chi connectivity index (χ1) is 10.0. The van der Waals surface area contributed by atoms with Crippen LogP contribution in [0.4, 0.5) is 0 Å². The summed E-state index contributed by atoms with van der Waals surface area (Å²) in [7, 11) is 0. The van der Waals surface area contributed by atoms with E-state index in [2.05, 4.69) is 71.9 Å². The first kappa shape index (κ1) is 17.0. The van der Waals surface area contributed by atoms with Crippen LogP contribution in [-0.4, -0.2) is 29.9 Å². The lowest BCUT2D eigenvalue weighted by Gasteiger charge is -2.30. The summed E-state index contributed by atoms with van der Waals surface area (Å²) < 4.78 is 0. The van der Waals surface area contributed by atoms with Gasteiger partial charge >= 0.3 is 0 Å². The molecule has 21 heavy (non-hydrogen) atoms. The molecule has 1 nitrogen and oxygen atoms in total. The van der Waals surface area contributed by atoms with Gasteiger partial charge in [-0.3, -0.25) is 0 Å². The lowest BCUT2D eigenvalue weighted by molar-refractivity contribution is 0.206. The highest BCUT2D eigenvalue weighted by atomic mass is 79.9. The van der Waals surface area contributed by atoms with E-state index in [0.717, 1.165) is 11.2 Å². The summed E-state index contributed by atoms with van der Waals surface area (Å²) in [5.74, 6) is 1.49. The smallest absolute Gasteiger partial charge is 0.0112 e. The van der Waals surface area contributed by atoms with Crippen molar-refractivity contribution in [3.63, 3.8) is 0 Å². The van der Waals surface area contributed by atoms with Crippen LogP contribution in [0, 0.1) is 11.3 Å². The Hall–Kier alpha value is -0.340. The van der Waals surface area contributed by atoms with Crippen molar-refractivity contribution in [2.45, 2.75) is 46.0 Å². The van der Waals surface area contributed by atoms with Crippen molar-refractivity contribution in [1.29, 1.82) is 0 Å². The number of hydrogen-bond acceptors (Lipinski definition) is 1. The monoisotopic (exact) mass is 351 g/mol. The topological polar surface area (TPSA) is 3.24 Å². The Morgan fingerprint density at radius 3 is 2.48 bits per heavy atom. The van der Waals surface area contributed by atoms with Gasteiger partial charge in [0.2, 0.25) is 0 Å². The van der Waals surface area contributed by atoms with Gasteiger partial charge in [0.15, 0.2) is 0 Å². The molecule has 0 aliphatic carbocycles. The molecule has 0 aromatic heterocycles. The third-order valence-corrected chi connectivity index (χ3v) is 5.76. The van der Waals surface area contributed by atoms with Gasteiger partial charge in [-0.1, -0.05) is 67.0 Å². The first-order valence-corrected chi connectivity index (χ1v) is 9.46. The van der Waals surface area contributed by atoms with Crippen LogP contribution in [0.2, 0.25) is 0 Å². The molecule has 1 fully saturated rings. The van der Waals surface area contributed by atoms with Crippen LogP contribution in [-0.2, 0) is 0 Å². The summed E-state index contributed by atoms with van der Waals surface area (Å²) in [6.07, 6.45) is 4.10. The van der Waals surface area contributed by atoms with Gasteiger partial charge in [-0.15, -0.1) is 0 Å². The zero-order chi connectivity index (χ0) is 15.3. The van der Waals surface area contributed by atoms with Crippen LogP contribution in [0.1, 0.15) is 51.5 Å². The Labute approximate surface area is 139 Å². The van der Waals surface area contributed by atoms with Gasteiger partial charge in [-0.2, -0.15) is 0 Å². The molecule has 118 valence electrons. The van der Waals surface area contributed by atoms with Crippen LogP contribution in [0.25, 0.3) is 0 Å². The second kappa shape index (κ2) is 7.78. The van der Waals surface area contributed by atoms with E-state index in [4.69, 9.17) is 0 Å². The summed E-state index contributed by atoms with van der Waals surface area (Å²) in [5, 5.41) is 1.05. The molecule has 0 amide bonds. The molecule has 0 radical (unpaired) electrons. The fourth-order valence-electron chi connectivity index (χ4n) is 3.48. The minimum atomic E-state index is 0.463. The fourth-order valence-corrected chi connectivity index (χ4v) is 4.06. The largest absolute Gasteiger partial charge is 0.303 e. The minimum absolute atomic E-state index is 0.463. The van der Waals surface area contributed by atoms with Crippen molar-refractivity contribution in [1.82, 2.24) is 4.90 Å². The Morgan fingerprint density at radius 2 is 1.86 bits per heavy atom. The summed E-state index contributed by atoms with van der Waals surface area (Å²) in [4.78, 5) is 2.69. The van der Waals surface area contributed by atoms with E-state index in [-0.39, 0.29) is 0 Å². The molecule has 1 aromatic rings. The van der Waals surface area contributed by atoms with Crippen molar-refractivity contribution < 1.29 is 0 Å². The Bertz CT molecular complexity index is 409. The summed E-state index contributed by atoms with van der Waals surface area (Å²) >= 11 is 3.72. The van der Waals surface area contributed by atoms with E-state index in [1.54, 1.807) is 0 Å². The molecule has 0 saturated carbocycles. The molecule has 1 aliphatic heterocycles. The van der Waals surface area contributed by atoms with E-state index in [1.165, 1.54) is 44.5 Å². The van der Waals surface area contributed by atoms with Crippen molar-refractivity contribution in [2.75, 3.05) is 25.0 Å². The molecule has 0 N–H and O–H groups in total. The van der Waals surface area contributed by atoms with Crippen LogP contribution in [0.15, 0.2) is 30.3 Å². The summed E-state index contributed by atoms with van der Waals surface area (Å²) in [5.41, 5.74) is 1.93. The standard InChI is InChI=1S/C19H30BrN/c1-19(2,3)18-10-7-12-21(13-11-18)15-17(14-20)16-8-5-4-6-9-16/h4-6,8-9,17-18H,7,10-15H2,1-3H3. The van der Waals surface area contributed by atoms with Crippen LogP contribution in [0.3, 0.4) is 0 Å². The van der Waals surface area contributed by atoms with Crippen molar-refractivity contribution in [3.8, 4) is 0 Å². The molecule has 2 heteroatoms.